The van der Waals surface area contributed by atoms with Crippen LogP contribution in [0.15, 0.2) is 41.0 Å². The lowest BCUT2D eigenvalue weighted by atomic mass is 9.98. The Hall–Kier alpha value is -1.74. The average Bonchev–Trinajstić information content (AvgIpc) is 2.96. The van der Waals surface area contributed by atoms with E-state index in [1.807, 2.05) is 12.1 Å². The van der Waals surface area contributed by atoms with Gasteiger partial charge in [0.2, 0.25) is 0 Å². The van der Waals surface area contributed by atoms with Gasteiger partial charge in [-0.2, -0.15) is 0 Å². The van der Waals surface area contributed by atoms with Crippen molar-refractivity contribution in [2.75, 3.05) is 13.7 Å². The van der Waals surface area contributed by atoms with Crippen molar-refractivity contribution in [2.45, 2.75) is 32.7 Å². The third kappa shape index (κ3) is 3.23. The van der Waals surface area contributed by atoms with Crippen LogP contribution in [0.2, 0.25) is 0 Å². The molecule has 1 unspecified atom stereocenters. The maximum Gasteiger partial charge on any atom is 0.118 e. The number of aryl methyl sites for hydroxylation is 1. The number of furan rings is 1. The van der Waals surface area contributed by atoms with Crippen LogP contribution in [0.25, 0.3) is 0 Å². The molecule has 3 heteroatoms. The summed E-state index contributed by atoms with van der Waals surface area (Å²) in [4.78, 5) is 0. The zero-order valence-corrected chi connectivity index (χ0v) is 12.5. The molecule has 0 bridgehead atoms. The van der Waals surface area contributed by atoms with Crippen LogP contribution in [-0.4, -0.2) is 13.7 Å². The van der Waals surface area contributed by atoms with Crippen LogP contribution in [-0.2, 0) is 6.42 Å². The number of ether oxygens (including phenoxy) is 1. The van der Waals surface area contributed by atoms with Crippen LogP contribution in [0.4, 0.5) is 0 Å². The van der Waals surface area contributed by atoms with Gasteiger partial charge in [-0.05, 0) is 36.7 Å². The molecule has 1 aromatic carbocycles. The Morgan fingerprint density at radius 1 is 1.15 bits per heavy atom. The van der Waals surface area contributed by atoms with Gasteiger partial charge in [0, 0.05) is 12.0 Å². The van der Waals surface area contributed by atoms with Gasteiger partial charge in [0.15, 0.2) is 0 Å². The van der Waals surface area contributed by atoms with Gasteiger partial charge >= 0.3 is 0 Å². The quantitative estimate of drug-likeness (QED) is 0.829. The molecule has 0 saturated carbocycles. The van der Waals surface area contributed by atoms with Gasteiger partial charge in [-0.1, -0.05) is 26.0 Å². The van der Waals surface area contributed by atoms with Crippen molar-refractivity contribution < 1.29 is 9.15 Å². The maximum atomic E-state index is 5.58. The normalized spacial score (nSPS) is 12.3. The molecule has 0 aliphatic carbocycles. The second-order valence-electron chi connectivity index (χ2n) is 4.81. The van der Waals surface area contributed by atoms with Crippen molar-refractivity contribution in [3.63, 3.8) is 0 Å². The van der Waals surface area contributed by atoms with E-state index < -0.39 is 0 Å². The number of hydrogen-bond donors (Lipinski definition) is 1. The zero-order valence-electron chi connectivity index (χ0n) is 12.5. The molecule has 0 fully saturated rings. The van der Waals surface area contributed by atoms with Gasteiger partial charge in [0.25, 0.3) is 0 Å². The van der Waals surface area contributed by atoms with E-state index in [0.717, 1.165) is 30.9 Å². The number of rotatable bonds is 7. The Morgan fingerprint density at radius 2 is 1.90 bits per heavy atom. The highest BCUT2D eigenvalue weighted by Crippen LogP contribution is 2.27. The van der Waals surface area contributed by atoms with Crippen LogP contribution >= 0.6 is 0 Å². The summed E-state index contributed by atoms with van der Waals surface area (Å²) < 4.78 is 10.8. The van der Waals surface area contributed by atoms with Gasteiger partial charge in [-0.3, -0.25) is 0 Å². The highest BCUT2D eigenvalue weighted by molar-refractivity contribution is 5.36. The SMILES string of the molecule is CCCNC(c1ccc(OC)cc1)c1ccoc1CC. The van der Waals surface area contributed by atoms with Crippen molar-refractivity contribution in [3.8, 4) is 5.75 Å². The largest absolute Gasteiger partial charge is 0.497 e. The minimum atomic E-state index is 0.176. The van der Waals surface area contributed by atoms with Crippen molar-refractivity contribution in [2.24, 2.45) is 0 Å². The summed E-state index contributed by atoms with van der Waals surface area (Å²) in [5.41, 5.74) is 2.46. The third-order valence-corrected chi connectivity index (χ3v) is 3.46. The first-order valence-electron chi connectivity index (χ1n) is 7.23. The molecule has 1 N–H and O–H groups in total. The standard InChI is InChI=1S/C17H23NO2/c1-4-11-18-17(15-10-12-20-16(15)5-2)13-6-8-14(19-3)9-7-13/h6-10,12,17-18H,4-5,11H2,1-3H3. The monoisotopic (exact) mass is 273 g/mol. The Kier molecular flexibility index (Phi) is 5.24. The third-order valence-electron chi connectivity index (χ3n) is 3.46. The van der Waals surface area contributed by atoms with E-state index in [1.165, 1.54) is 11.1 Å². The molecule has 108 valence electrons. The van der Waals surface area contributed by atoms with E-state index in [4.69, 9.17) is 9.15 Å². The highest BCUT2D eigenvalue weighted by Gasteiger charge is 2.18. The molecule has 0 aliphatic heterocycles. The fourth-order valence-electron chi connectivity index (χ4n) is 2.39. The van der Waals surface area contributed by atoms with E-state index in [-0.39, 0.29) is 6.04 Å². The van der Waals surface area contributed by atoms with Gasteiger partial charge in [0.05, 0.1) is 19.4 Å². The molecule has 20 heavy (non-hydrogen) atoms. The lowest BCUT2D eigenvalue weighted by Crippen LogP contribution is -2.23. The Bertz CT molecular complexity index is 516. The van der Waals surface area contributed by atoms with Gasteiger partial charge < -0.3 is 14.5 Å². The minimum absolute atomic E-state index is 0.176. The summed E-state index contributed by atoms with van der Waals surface area (Å²) in [5.74, 6) is 1.93. The molecular weight excluding hydrogens is 250 g/mol. The van der Waals surface area contributed by atoms with Gasteiger partial charge in [0.1, 0.15) is 11.5 Å². The first kappa shape index (κ1) is 14.7. The summed E-state index contributed by atoms with van der Waals surface area (Å²) in [7, 11) is 1.69. The Balaban J connectivity index is 2.30. The molecule has 2 aromatic rings. The van der Waals surface area contributed by atoms with E-state index in [2.05, 4.69) is 37.4 Å². The molecule has 0 amide bonds. The van der Waals surface area contributed by atoms with Gasteiger partial charge in [-0.25, -0.2) is 0 Å². The minimum Gasteiger partial charge on any atom is -0.497 e. The number of nitrogens with one attached hydrogen (secondary N) is 1. The summed E-state index contributed by atoms with van der Waals surface area (Å²) in [6, 6.07) is 10.5. The van der Waals surface area contributed by atoms with Crippen molar-refractivity contribution in [3.05, 3.63) is 53.5 Å². The zero-order chi connectivity index (χ0) is 14.4. The van der Waals surface area contributed by atoms with Crippen molar-refractivity contribution >= 4 is 0 Å². The predicted octanol–water partition coefficient (Wildman–Crippen LogP) is 3.94. The van der Waals surface area contributed by atoms with Crippen LogP contribution in [0, 0.1) is 0 Å². The van der Waals surface area contributed by atoms with Crippen LogP contribution in [0.1, 0.15) is 43.2 Å². The highest BCUT2D eigenvalue weighted by atomic mass is 16.5. The fraction of sp³-hybridized carbons (Fsp3) is 0.412. The number of hydrogen-bond acceptors (Lipinski definition) is 3. The molecule has 0 spiro atoms. The predicted molar refractivity (Wildman–Crippen MR) is 81.2 cm³/mol. The Morgan fingerprint density at radius 3 is 2.50 bits per heavy atom. The Labute approximate surface area is 121 Å². The topological polar surface area (TPSA) is 34.4 Å². The summed E-state index contributed by atoms with van der Waals surface area (Å²) in [5, 5.41) is 3.60. The summed E-state index contributed by atoms with van der Waals surface area (Å²) in [6.45, 7) is 5.27. The van der Waals surface area contributed by atoms with Crippen molar-refractivity contribution in [1.82, 2.24) is 5.32 Å². The first-order chi connectivity index (χ1) is 9.80. The van der Waals surface area contributed by atoms with E-state index in [9.17, 15) is 0 Å². The summed E-state index contributed by atoms with van der Waals surface area (Å²) in [6.07, 6.45) is 3.78. The molecule has 1 atom stereocenters. The smallest absolute Gasteiger partial charge is 0.118 e. The lowest BCUT2D eigenvalue weighted by molar-refractivity contribution is 0.414. The van der Waals surface area contributed by atoms with Gasteiger partial charge in [-0.15, -0.1) is 0 Å². The van der Waals surface area contributed by atoms with E-state index in [0.29, 0.717) is 0 Å². The second kappa shape index (κ2) is 7.15. The fourth-order valence-corrected chi connectivity index (χ4v) is 2.39. The molecule has 2 rings (SSSR count). The molecule has 1 aromatic heterocycles. The van der Waals surface area contributed by atoms with Crippen molar-refractivity contribution in [1.29, 1.82) is 0 Å². The van der Waals surface area contributed by atoms with Crippen LogP contribution < -0.4 is 10.1 Å². The lowest BCUT2D eigenvalue weighted by Gasteiger charge is -2.19. The molecule has 0 saturated heterocycles. The van der Waals surface area contributed by atoms with E-state index >= 15 is 0 Å². The number of methoxy groups -OCH3 is 1. The molecular formula is C17H23NO2. The first-order valence-corrected chi connectivity index (χ1v) is 7.23. The average molecular weight is 273 g/mol. The number of benzene rings is 1. The molecule has 1 heterocycles. The molecule has 0 aliphatic rings. The van der Waals surface area contributed by atoms with Crippen LogP contribution in [0.5, 0.6) is 5.75 Å². The van der Waals surface area contributed by atoms with Crippen LogP contribution in [0.3, 0.4) is 0 Å². The summed E-state index contributed by atoms with van der Waals surface area (Å²) >= 11 is 0. The maximum absolute atomic E-state index is 5.58. The second-order valence-corrected chi connectivity index (χ2v) is 4.81. The van der Waals surface area contributed by atoms with E-state index in [1.54, 1.807) is 13.4 Å². The molecule has 3 nitrogen and oxygen atoms in total. The molecule has 0 radical (unpaired) electrons.